The Morgan fingerprint density at radius 3 is 2.59 bits per heavy atom. The van der Waals surface area contributed by atoms with Crippen molar-refractivity contribution < 1.29 is 0 Å². The number of nitrogens with zero attached hydrogens (tertiary/aromatic N) is 4. The molecule has 0 unspecified atom stereocenters. The van der Waals surface area contributed by atoms with E-state index in [0.29, 0.717) is 0 Å². The molecule has 3 heterocycles. The predicted octanol–water partition coefficient (Wildman–Crippen LogP) is 3.16. The highest BCUT2D eigenvalue weighted by Crippen LogP contribution is 2.24. The molecule has 118 valence electrons. The summed E-state index contributed by atoms with van der Waals surface area (Å²) in [4.78, 5) is 9.99. The third kappa shape index (κ3) is 3.07. The minimum absolute atomic E-state index is 0.870. The van der Waals surface area contributed by atoms with Crippen molar-refractivity contribution in [3.63, 3.8) is 0 Å². The Labute approximate surface area is 140 Å². The second kappa shape index (κ2) is 6.30. The van der Waals surface area contributed by atoms with E-state index in [1.807, 2.05) is 6.07 Å². The molecule has 2 fully saturated rings. The Balaban J connectivity index is 1.37. The summed E-state index contributed by atoms with van der Waals surface area (Å²) in [5.74, 6) is 0. The van der Waals surface area contributed by atoms with Crippen LogP contribution in [-0.2, 0) is 6.54 Å². The van der Waals surface area contributed by atoms with Crippen LogP contribution in [-0.4, -0.2) is 51.4 Å². The number of hydrogen-bond acceptors (Lipinski definition) is 3. The zero-order chi connectivity index (χ0) is 14.9. The van der Waals surface area contributed by atoms with Gasteiger partial charge < -0.3 is 4.40 Å². The van der Waals surface area contributed by atoms with E-state index in [1.54, 1.807) is 0 Å². The molecule has 2 aromatic heterocycles. The molecule has 0 atom stereocenters. The summed E-state index contributed by atoms with van der Waals surface area (Å²) in [5.41, 5.74) is 2.20. The van der Waals surface area contributed by atoms with E-state index in [2.05, 4.69) is 48.6 Å². The second-order valence-corrected chi connectivity index (χ2v) is 7.51. The van der Waals surface area contributed by atoms with Crippen LogP contribution in [0.25, 0.3) is 5.65 Å². The average molecular weight is 363 g/mol. The Bertz CT molecular complexity index is 639. The molecule has 0 amide bonds. The second-order valence-electron chi connectivity index (χ2n) is 6.60. The molecule has 1 saturated carbocycles. The monoisotopic (exact) mass is 362 g/mol. The SMILES string of the molecule is Brc1ccc2nc(CN3CCN(C4CCCC4)CC3)cn2c1. The lowest BCUT2D eigenvalue weighted by Gasteiger charge is -2.37. The van der Waals surface area contributed by atoms with E-state index in [9.17, 15) is 0 Å². The minimum Gasteiger partial charge on any atom is -0.306 e. The first-order valence-electron chi connectivity index (χ1n) is 8.37. The topological polar surface area (TPSA) is 23.8 Å². The maximum Gasteiger partial charge on any atom is 0.137 e. The van der Waals surface area contributed by atoms with Crippen molar-refractivity contribution in [2.75, 3.05) is 26.2 Å². The maximum absolute atomic E-state index is 4.73. The van der Waals surface area contributed by atoms with E-state index in [0.717, 1.165) is 22.7 Å². The number of piperazine rings is 1. The Kier molecular flexibility index (Phi) is 4.20. The van der Waals surface area contributed by atoms with E-state index < -0.39 is 0 Å². The zero-order valence-electron chi connectivity index (χ0n) is 12.9. The van der Waals surface area contributed by atoms with E-state index in [4.69, 9.17) is 4.98 Å². The molecule has 0 aromatic carbocycles. The highest BCUT2D eigenvalue weighted by molar-refractivity contribution is 9.10. The molecule has 4 rings (SSSR count). The Morgan fingerprint density at radius 1 is 1.05 bits per heavy atom. The van der Waals surface area contributed by atoms with Gasteiger partial charge in [-0.2, -0.15) is 0 Å². The average Bonchev–Trinajstić information content (AvgIpc) is 3.16. The lowest BCUT2D eigenvalue weighted by molar-refractivity contribution is 0.0930. The van der Waals surface area contributed by atoms with Crippen molar-refractivity contribution in [2.24, 2.45) is 0 Å². The van der Waals surface area contributed by atoms with E-state index in [1.165, 1.54) is 57.6 Å². The van der Waals surface area contributed by atoms with Crippen molar-refractivity contribution in [2.45, 2.75) is 38.3 Å². The van der Waals surface area contributed by atoms with E-state index >= 15 is 0 Å². The molecule has 22 heavy (non-hydrogen) atoms. The smallest absolute Gasteiger partial charge is 0.137 e. The Hall–Kier alpha value is -0.910. The van der Waals surface area contributed by atoms with E-state index in [-0.39, 0.29) is 0 Å². The molecule has 1 aliphatic heterocycles. The largest absolute Gasteiger partial charge is 0.306 e. The van der Waals surface area contributed by atoms with Gasteiger partial charge in [0.25, 0.3) is 0 Å². The first kappa shape index (κ1) is 14.7. The van der Waals surface area contributed by atoms with Crippen molar-refractivity contribution in [3.8, 4) is 0 Å². The summed E-state index contributed by atoms with van der Waals surface area (Å²) in [5, 5.41) is 0. The van der Waals surface area contributed by atoms with Gasteiger partial charge in [-0.25, -0.2) is 4.98 Å². The normalized spacial score (nSPS) is 21.9. The predicted molar refractivity (Wildman–Crippen MR) is 92.0 cm³/mol. The lowest BCUT2D eigenvalue weighted by Crippen LogP contribution is -2.49. The highest BCUT2D eigenvalue weighted by Gasteiger charge is 2.26. The van der Waals surface area contributed by atoms with Crippen LogP contribution >= 0.6 is 15.9 Å². The molecular weight excluding hydrogens is 340 g/mol. The summed E-state index contributed by atoms with van der Waals surface area (Å²) in [7, 11) is 0. The van der Waals surface area contributed by atoms with Crippen molar-refractivity contribution in [1.82, 2.24) is 19.2 Å². The maximum atomic E-state index is 4.73. The van der Waals surface area contributed by atoms with Crippen molar-refractivity contribution >= 4 is 21.6 Å². The van der Waals surface area contributed by atoms with Crippen molar-refractivity contribution in [1.29, 1.82) is 0 Å². The third-order valence-corrected chi connectivity index (χ3v) is 5.57. The van der Waals surface area contributed by atoms with Gasteiger partial charge >= 0.3 is 0 Å². The quantitative estimate of drug-likeness (QED) is 0.837. The van der Waals surface area contributed by atoms with Crippen LogP contribution in [0.4, 0.5) is 0 Å². The number of imidazole rings is 1. The van der Waals surface area contributed by atoms with Crippen LogP contribution in [0.2, 0.25) is 0 Å². The molecule has 5 heteroatoms. The minimum atomic E-state index is 0.870. The molecule has 0 spiro atoms. The van der Waals surface area contributed by atoms with Crippen LogP contribution in [0, 0.1) is 0 Å². The highest BCUT2D eigenvalue weighted by atomic mass is 79.9. The summed E-state index contributed by atoms with van der Waals surface area (Å²) in [6, 6.07) is 4.98. The van der Waals surface area contributed by atoms with Crippen LogP contribution in [0.5, 0.6) is 0 Å². The zero-order valence-corrected chi connectivity index (χ0v) is 14.5. The fourth-order valence-electron chi connectivity index (χ4n) is 3.88. The number of fused-ring (bicyclic) bond motifs is 1. The summed E-state index contributed by atoms with van der Waals surface area (Å²) in [6.45, 7) is 5.77. The molecule has 2 aliphatic rings. The molecule has 1 saturated heterocycles. The third-order valence-electron chi connectivity index (χ3n) is 5.10. The fourth-order valence-corrected chi connectivity index (χ4v) is 4.23. The van der Waals surface area contributed by atoms with Crippen molar-refractivity contribution in [3.05, 3.63) is 34.7 Å². The van der Waals surface area contributed by atoms with Crippen LogP contribution in [0.1, 0.15) is 31.4 Å². The molecular formula is C17H23BrN4. The van der Waals surface area contributed by atoms with Gasteiger partial charge in [-0.05, 0) is 40.9 Å². The van der Waals surface area contributed by atoms with Gasteiger partial charge in [0.2, 0.25) is 0 Å². The summed E-state index contributed by atoms with van der Waals surface area (Å²) < 4.78 is 3.20. The van der Waals surface area contributed by atoms with Crippen LogP contribution in [0.15, 0.2) is 29.0 Å². The van der Waals surface area contributed by atoms with Gasteiger partial charge in [0.15, 0.2) is 0 Å². The number of halogens is 1. The molecule has 0 radical (unpaired) electrons. The number of hydrogen-bond donors (Lipinski definition) is 0. The van der Waals surface area contributed by atoms with Gasteiger partial charge in [-0.3, -0.25) is 9.80 Å². The number of rotatable bonds is 3. The number of aromatic nitrogens is 2. The number of pyridine rings is 1. The van der Waals surface area contributed by atoms with Gasteiger partial charge in [0.05, 0.1) is 5.69 Å². The van der Waals surface area contributed by atoms with Crippen LogP contribution < -0.4 is 0 Å². The van der Waals surface area contributed by atoms with Gasteiger partial charge in [-0.1, -0.05) is 12.8 Å². The Morgan fingerprint density at radius 2 is 1.82 bits per heavy atom. The first-order chi connectivity index (χ1) is 10.8. The summed E-state index contributed by atoms with van der Waals surface area (Å²) >= 11 is 3.51. The standard InChI is InChI=1S/C17H23BrN4/c18-14-5-6-17-19-15(13-22(17)11-14)12-20-7-9-21(10-8-20)16-3-1-2-4-16/h5-6,11,13,16H,1-4,7-10,12H2. The van der Waals surface area contributed by atoms with Gasteiger partial charge in [0.1, 0.15) is 5.65 Å². The molecule has 0 N–H and O–H groups in total. The lowest BCUT2D eigenvalue weighted by atomic mass is 10.2. The molecule has 0 bridgehead atoms. The first-order valence-corrected chi connectivity index (χ1v) is 9.17. The fraction of sp³-hybridized carbons (Fsp3) is 0.588. The molecule has 4 nitrogen and oxygen atoms in total. The molecule has 1 aliphatic carbocycles. The van der Waals surface area contributed by atoms with Gasteiger partial charge in [0, 0.05) is 55.6 Å². The van der Waals surface area contributed by atoms with Crippen LogP contribution in [0.3, 0.4) is 0 Å². The summed E-state index contributed by atoms with van der Waals surface area (Å²) in [6.07, 6.45) is 9.93. The molecule has 2 aromatic rings. The van der Waals surface area contributed by atoms with Gasteiger partial charge in [-0.15, -0.1) is 0 Å².